The van der Waals surface area contributed by atoms with Crippen molar-refractivity contribution in [3.05, 3.63) is 233 Å². The van der Waals surface area contributed by atoms with Crippen LogP contribution in [0.2, 0.25) is 0 Å². The van der Waals surface area contributed by atoms with E-state index in [2.05, 4.69) is 168 Å². The molecular formula is C55H42Br2N2O3. The molecule has 0 amide bonds. The highest BCUT2D eigenvalue weighted by Crippen LogP contribution is 2.37. The molecule has 0 aliphatic carbocycles. The molecule has 2 heterocycles. The van der Waals surface area contributed by atoms with Gasteiger partial charge in [0.1, 0.15) is 28.7 Å². The first kappa shape index (κ1) is 41.7. The Kier molecular flexibility index (Phi) is 12.8. The maximum Gasteiger partial charge on any atom is 0.133 e. The summed E-state index contributed by atoms with van der Waals surface area (Å²) >= 11 is 7.17. The van der Waals surface area contributed by atoms with E-state index >= 15 is 0 Å². The van der Waals surface area contributed by atoms with Crippen LogP contribution in [0.25, 0.3) is 55.0 Å². The second-order valence-corrected chi connectivity index (χ2v) is 16.0. The molecule has 0 radical (unpaired) electrons. The summed E-state index contributed by atoms with van der Waals surface area (Å²) < 4.78 is 19.1. The molecule has 11 rings (SSSR count). The summed E-state index contributed by atoms with van der Waals surface area (Å²) in [5.74, 6) is 3.31. The third kappa shape index (κ3) is 9.15. The number of para-hydroxylation sites is 7. The number of fused-ring (bicyclic) bond motifs is 6. The summed E-state index contributed by atoms with van der Waals surface area (Å²) in [6.07, 6.45) is 0. The molecule has 0 spiro atoms. The van der Waals surface area contributed by atoms with E-state index in [-0.39, 0.29) is 7.43 Å². The first-order valence-electron chi connectivity index (χ1n) is 19.8. The summed E-state index contributed by atoms with van der Waals surface area (Å²) in [7, 11) is 0. The average Bonchev–Trinajstić information content (AvgIpc) is 3.81. The summed E-state index contributed by atoms with van der Waals surface area (Å²) in [6, 6.07) is 74.7. The summed E-state index contributed by atoms with van der Waals surface area (Å²) in [5, 5.41) is 13.6. The molecule has 0 saturated heterocycles. The normalized spacial score (nSPS) is 10.7. The zero-order chi connectivity index (χ0) is 41.5. The molecule has 0 saturated carbocycles. The van der Waals surface area contributed by atoms with Crippen molar-refractivity contribution in [2.75, 3.05) is 0 Å². The molecule has 304 valence electrons. The van der Waals surface area contributed by atoms with Crippen LogP contribution in [0.3, 0.4) is 0 Å². The number of hydrogen-bond donors (Lipinski definition) is 1. The fourth-order valence-electron chi connectivity index (χ4n) is 7.55. The molecule has 0 atom stereocenters. The van der Waals surface area contributed by atoms with E-state index in [0.717, 1.165) is 42.9 Å². The van der Waals surface area contributed by atoms with Crippen molar-refractivity contribution in [3.63, 3.8) is 0 Å². The van der Waals surface area contributed by atoms with E-state index in [1.54, 1.807) is 24.3 Å². The molecule has 0 aliphatic heterocycles. The van der Waals surface area contributed by atoms with Crippen molar-refractivity contribution in [2.45, 2.75) is 7.43 Å². The van der Waals surface area contributed by atoms with E-state index in [9.17, 15) is 0 Å². The quantitative estimate of drug-likeness (QED) is 0.181. The van der Waals surface area contributed by atoms with Crippen molar-refractivity contribution >= 4 is 75.5 Å². The fourth-order valence-corrected chi connectivity index (χ4v) is 8.82. The maximum absolute atomic E-state index is 8.63. The Balaban J connectivity index is 0.000000155. The first-order chi connectivity index (χ1) is 30.0. The highest BCUT2D eigenvalue weighted by Gasteiger charge is 2.15. The van der Waals surface area contributed by atoms with Gasteiger partial charge in [0, 0.05) is 54.4 Å². The minimum absolute atomic E-state index is 0. The SMILES string of the molecule is Brc1cc(Br)cc(-n2c3ccccc3c3ccccc32)c1.C.Oc1ccccc1.c1ccc(Oc2cc(Oc3ccccc3)cc(-n3c4ccccc4c4ccccc43)c2)cc1. The van der Waals surface area contributed by atoms with E-state index in [4.69, 9.17) is 14.6 Å². The molecule has 5 nitrogen and oxygen atoms in total. The van der Waals surface area contributed by atoms with Crippen molar-refractivity contribution in [1.82, 2.24) is 9.13 Å². The first-order valence-corrected chi connectivity index (χ1v) is 21.4. The van der Waals surface area contributed by atoms with E-state index in [0.29, 0.717) is 17.2 Å². The van der Waals surface area contributed by atoms with Gasteiger partial charge in [-0.15, -0.1) is 0 Å². The van der Waals surface area contributed by atoms with Crippen molar-refractivity contribution < 1.29 is 14.6 Å². The molecule has 1 N–H and O–H groups in total. The van der Waals surface area contributed by atoms with Crippen molar-refractivity contribution in [3.8, 4) is 40.1 Å². The molecule has 0 unspecified atom stereocenters. The minimum Gasteiger partial charge on any atom is -0.508 e. The lowest BCUT2D eigenvalue weighted by Crippen LogP contribution is -1.96. The van der Waals surface area contributed by atoms with Crippen molar-refractivity contribution in [2.24, 2.45) is 0 Å². The molecule has 0 fully saturated rings. The Morgan fingerprint density at radius 3 is 0.968 bits per heavy atom. The molecule has 11 aromatic rings. The molecule has 0 bridgehead atoms. The van der Waals surface area contributed by atoms with Gasteiger partial charge < -0.3 is 23.7 Å². The van der Waals surface area contributed by atoms with Crippen LogP contribution in [0.1, 0.15) is 7.43 Å². The maximum atomic E-state index is 8.63. The van der Waals surface area contributed by atoms with Gasteiger partial charge in [0.2, 0.25) is 0 Å². The Labute approximate surface area is 377 Å². The molecular weight excluding hydrogens is 896 g/mol. The van der Waals surface area contributed by atoms with E-state index in [1.807, 2.05) is 72.8 Å². The second kappa shape index (κ2) is 19.1. The van der Waals surface area contributed by atoms with E-state index in [1.165, 1.54) is 32.6 Å². The lowest BCUT2D eigenvalue weighted by molar-refractivity contribution is 0.460. The van der Waals surface area contributed by atoms with Gasteiger partial charge in [-0.1, -0.05) is 167 Å². The van der Waals surface area contributed by atoms with Gasteiger partial charge >= 0.3 is 0 Å². The van der Waals surface area contributed by atoms with Crippen LogP contribution in [0.4, 0.5) is 0 Å². The number of halogens is 2. The lowest BCUT2D eigenvalue weighted by Gasteiger charge is -2.14. The zero-order valence-electron chi connectivity index (χ0n) is 32.8. The van der Waals surface area contributed by atoms with Crippen LogP contribution in [-0.2, 0) is 0 Å². The van der Waals surface area contributed by atoms with Gasteiger partial charge in [-0.25, -0.2) is 0 Å². The van der Waals surface area contributed by atoms with Gasteiger partial charge in [-0.3, -0.25) is 0 Å². The topological polar surface area (TPSA) is 48.6 Å². The summed E-state index contributed by atoms with van der Waals surface area (Å²) in [6.45, 7) is 0. The van der Waals surface area contributed by atoms with Crippen LogP contribution in [0, 0.1) is 0 Å². The summed E-state index contributed by atoms with van der Waals surface area (Å²) in [4.78, 5) is 0. The zero-order valence-corrected chi connectivity index (χ0v) is 35.9. The van der Waals surface area contributed by atoms with Crippen LogP contribution in [0.5, 0.6) is 28.7 Å². The van der Waals surface area contributed by atoms with Crippen LogP contribution < -0.4 is 9.47 Å². The highest BCUT2D eigenvalue weighted by atomic mass is 79.9. The standard InChI is InChI=1S/C30H21NO2.C18H11Br2N.C6H6O.CH4/c1-3-11-23(12-4-1)32-25-19-22(20-26(21-25)33-24-13-5-2-6-14-24)31-29-17-9-7-15-27(29)28-16-8-10-18-30(28)31;19-12-9-13(20)11-14(10-12)21-17-7-3-1-5-15(17)16-6-2-4-8-18(16)21;7-6-4-2-1-3-5-6;/h1-21H;1-11H;1-5,7H;1H4. The number of rotatable bonds is 6. The number of aromatic hydroxyl groups is 1. The van der Waals surface area contributed by atoms with E-state index < -0.39 is 0 Å². The number of nitrogens with zero attached hydrogens (tertiary/aromatic N) is 2. The molecule has 7 heteroatoms. The van der Waals surface area contributed by atoms with Gasteiger partial charge in [-0.2, -0.15) is 0 Å². The molecule has 9 aromatic carbocycles. The molecule has 0 aliphatic rings. The second-order valence-electron chi connectivity index (χ2n) is 14.2. The van der Waals surface area contributed by atoms with Gasteiger partial charge in [0.15, 0.2) is 0 Å². The predicted molar refractivity (Wildman–Crippen MR) is 265 cm³/mol. The smallest absolute Gasteiger partial charge is 0.133 e. The third-order valence-electron chi connectivity index (χ3n) is 10.1. The third-order valence-corrected chi connectivity index (χ3v) is 11.0. The molecule has 2 aromatic heterocycles. The minimum atomic E-state index is 0. The predicted octanol–water partition coefficient (Wildman–Crippen LogP) is 16.7. The average molecular weight is 939 g/mol. The number of aromatic nitrogens is 2. The van der Waals surface area contributed by atoms with Gasteiger partial charge in [0.25, 0.3) is 0 Å². The number of hydrogen-bond acceptors (Lipinski definition) is 3. The Bertz CT molecular complexity index is 3050. The number of benzene rings is 9. The Morgan fingerprint density at radius 2 is 0.629 bits per heavy atom. The Morgan fingerprint density at radius 1 is 0.323 bits per heavy atom. The number of phenols is 1. The molecule has 62 heavy (non-hydrogen) atoms. The largest absolute Gasteiger partial charge is 0.508 e. The van der Waals surface area contributed by atoms with Crippen LogP contribution in [0.15, 0.2) is 233 Å². The Hall–Kier alpha value is -7.06. The fraction of sp³-hybridized carbons (Fsp3) is 0.0182. The monoisotopic (exact) mass is 936 g/mol. The number of ether oxygens (including phenoxy) is 2. The number of phenolic OH excluding ortho intramolecular Hbond substituents is 1. The van der Waals surface area contributed by atoms with Gasteiger partial charge in [-0.05, 0) is 78.9 Å². The van der Waals surface area contributed by atoms with Crippen LogP contribution in [-0.4, -0.2) is 14.2 Å². The summed E-state index contributed by atoms with van der Waals surface area (Å²) in [5.41, 5.74) is 6.86. The highest BCUT2D eigenvalue weighted by molar-refractivity contribution is 9.11. The van der Waals surface area contributed by atoms with Gasteiger partial charge in [0.05, 0.1) is 27.8 Å². The lowest BCUT2D eigenvalue weighted by atomic mass is 10.2. The van der Waals surface area contributed by atoms with Crippen molar-refractivity contribution in [1.29, 1.82) is 0 Å². The van der Waals surface area contributed by atoms with Crippen LogP contribution >= 0.6 is 31.9 Å².